The van der Waals surface area contributed by atoms with Crippen LogP contribution in [-0.4, -0.2) is 12.6 Å². The molecule has 1 aliphatic heterocycles. The normalized spacial score (nSPS) is 17.4. The number of benzene rings is 2. The fourth-order valence-corrected chi connectivity index (χ4v) is 3.04. The lowest BCUT2D eigenvalue weighted by molar-refractivity contribution is 0.342. The number of para-hydroxylation sites is 1. The number of fused-ring (bicyclic) bond motifs is 1. The number of hydrogen-bond acceptors (Lipinski definition) is 3. The fourth-order valence-electron chi connectivity index (χ4n) is 3.04. The van der Waals surface area contributed by atoms with Crippen molar-refractivity contribution < 1.29 is 4.74 Å². The summed E-state index contributed by atoms with van der Waals surface area (Å²) in [6.07, 6.45) is 2.30. The van der Waals surface area contributed by atoms with E-state index >= 15 is 0 Å². The molecule has 1 heterocycles. The van der Waals surface area contributed by atoms with Crippen molar-refractivity contribution in [1.82, 2.24) is 0 Å². The summed E-state index contributed by atoms with van der Waals surface area (Å²) in [5.74, 6) is 0.769. The number of aryl methyl sites for hydroxylation is 1. The van der Waals surface area contributed by atoms with Gasteiger partial charge in [0.15, 0.2) is 0 Å². The highest BCUT2D eigenvalue weighted by Crippen LogP contribution is 2.39. The number of anilines is 3. The first-order valence-electron chi connectivity index (χ1n) is 7.60. The molecule has 1 unspecified atom stereocenters. The second-order valence-electron chi connectivity index (χ2n) is 5.54. The van der Waals surface area contributed by atoms with E-state index in [0.29, 0.717) is 18.3 Å². The summed E-state index contributed by atoms with van der Waals surface area (Å²) in [5.41, 5.74) is 10.5. The lowest BCUT2D eigenvalue weighted by Gasteiger charge is -2.37. The van der Waals surface area contributed by atoms with Crippen molar-refractivity contribution in [3.63, 3.8) is 0 Å². The number of nitrogens with two attached hydrogens (primary N) is 1. The van der Waals surface area contributed by atoms with Gasteiger partial charge in [-0.1, -0.05) is 18.2 Å². The largest absolute Gasteiger partial charge is 0.492 e. The van der Waals surface area contributed by atoms with E-state index < -0.39 is 0 Å². The quantitative estimate of drug-likeness (QED) is 0.860. The molecule has 0 bridgehead atoms. The number of nitrogen functional groups attached to an aromatic ring is 1. The molecule has 0 aliphatic carbocycles. The SMILES string of the molecule is CCOc1cc(N2c3ccccc3CCC2C)ccc1N. The fraction of sp³-hybridized carbons (Fsp3) is 0.333. The van der Waals surface area contributed by atoms with Gasteiger partial charge in [-0.3, -0.25) is 0 Å². The Morgan fingerprint density at radius 2 is 2.05 bits per heavy atom. The van der Waals surface area contributed by atoms with Crippen LogP contribution in [0, 0.1) is 0 Å². The highest BCUT2D eigenvalue weighted by Gasteiger charge is 2.24. The molecule has 21 heavy (non-hydrogen) atoms. The van der Waals surface area contributed by atoms with Gasteiger partial charge in [0.05, 0.1) is 12.3 Å². The van der Waals surface area contributed by atoms with Crippen LogP contribution in [0.15, 0.2) is 42.5 Å². The summed E-state index contributed by atoms with van der Waals surface area (Å²) in [5, 5.41) is 0. The number of hydrogen-bond donors (Lipinski definition) is 1. The molecule has 2 aromatic carbocycles. The molecule has 0 fully saturated rings. The van der Waals surface area contributed by atoms with Crippen molar-refractivity contribution in [3.8, 4) is 5.75 Å². The maximum Gasteiger partial charge on any atom is 0.144 e. The van der Waals surface area contributed by atoms with Crippen LogP contribution in [0.1, 0.15) is 25.8 Å². The van der Waals surface area contributed by atoms with Crippen LogP contribution in [0.2, 0.25) is 0 Å². The summed E-state index contributed by atoms with van der Waals surface area (Å²) in [6.45, 7) is 4.87. The van der Waals surface area contributed by atoms with Crippen LogP contribution in [0.3, 0.4) is 0 Å². The number of rotatable bonds is 3. The Morgan fingerprint density at radius 3 is 2.86 bits per heavy atom. The Balaban J connectivity index is 2.05. The second kappa shape index (κ2) is 5.68. The first-order chi connectivity index (χ1) is 10.2. The van der Waals surface area contributed by atoms with Crippen molar-refractivity contribution in [2.75, 3.05) is 17.2 Å². The Morgan fingerprint density at radius 1 is 1.24 bits per heavy atom. The molecule has 3 nitrogen and oxygen atoms in total. The van der Waals surface area contributed by atoms with Gasteiger partial charge in [-0.2, -0.15) is 0 Å². The van der Waals surface area contributed by atoms with E-state index in [-0.39, 0.29) is 0 Å². The van der Waals surface area contributed by atoms with Crippen molar-refractivity contribution >= 4 is 17.1 Å². The van der Waals surface area contributed by atoms with Crippen LogP contribution in [0.25, 0.3) is 0 Å². The van der Waals surface area contributed by atoms with Gasteiger partial charge in [0, 0.05) is 23.5 Å². The lowest BCUT2D eigenvalue weighted by Crippen LogP contribution is -2.33. The maximum absolute atomic E-state index is 5.99. The van der Waals surface area contributed by atoms with Gasteiger partial charge in [-0.05, 0) is 50.5 Å². The molecule has 3 heteroatoms. The summed E-state index contributed by atoms with van der Waals surface area (Å²) in [4.78, 5) is 2.39. The average molecular weight is 282 g/mol. The Bertz CT molecular complexity index is 639. The first-order valence-corrected chi connectivity index (χ1v) is 7.60. The first kappa shape index (κ1) is 13.8. The highest BCUT2D eigenvalue weighted by molar-refractivity contribution is 5.72. The third-order valence-corrected chi connectivity index (χ3v) is 4.10. The molecule has 3 rings (SSSR count). The predicted octanol–water partition coefficient (Wildman–Crippen LogP) is 4.14. The van der Waals surface area contributed by atoms with Crippen molar-refractivity contribution in [3.05, 3.63) is 48.0 Å². The van der Waals surface area contributed by atoms with Gasteiger partial charge < -0.3 is 15.4 Å². The van der Waals surface area contributed by atoms with Gasteiger partial charge in [-0.15, -0.1) is 0 Å². The summed E-state index contributed by atoms with van der Waals surface area (Å²) in [7, 11) is 0. The highest BCUT2D eigenvalue weighted by atomic mass is 16.5. The molecular formula is C18H22N2O. The second-order valence-corrected chi connectivity index (χ2v) is 5.54. The van der Waals surface area contributed by atoms with Crippen LogP contribution < -0.4 is 15.4 Å². The van der Waals surface area contributed by atoms with Gasteiger partial charge >= 0.3 is 0 Å². The third kappa shape index (κ3) is 2.56. The number of nitrogens with zero attached hydrogens (tertiary/aromatic N) is 1. The van der Waals surface area contributed by atoms with E-state index in [1.165, 1.54) is 11.3 Å². The molecule has 2 aromatic rings. The third-order valence-electron chi connectivity index (χ3n) is 4.10. The Labute approximate surface area is 126 Å². The molecule has 1 aliphatic rings. The van der Waals surface area contributed by atoms with Crippen molar-refractivity contribution in [1.29, 1.82) is 0 Å². The van der Waals surface area contributed by atoms with E-state index in [1.807, 2.05) is 13.0 Å². The smallest absolute Gasteiger partial charge is 0.144 e. The molecule has 0 aromatic heterocycles. The molecule has 1 atom stereocenters. The zero-order chi connectivity index (χ0) is 14.8. The van der Waals surface area contributed by atoms with Gasteiger partial charge in [0.1, 0.15) is 5.75 Å². The van der Waals surface area contributed by atoms with Crippen molar-refractivity contribution in [2.24, 2.45) is 0 Å². The molecule has 0 radical (unpaired) electrons. The van der Waals surface area contributed by atoms with E-state index in [1.54, 1.807) is 0 Å². The molecular weight excluding hydrogens is 260 g/mol. The Kier molecular flexibility index (Phi) is 3.74. The van der Waals surface area contributed by atoms with Crippen LogP contribution in [0.5, 0.6) is 5.75 Å². The van der Waals surface area contributed by atoms with Crippen LogP contribution in [-0.2, 0) is 6.42 Å². The molecule has 0 saturated heterocycles. The lowest BCUT2D eigenvalue weighted by atomic mass is 9.96. The average Bonchev–Trinajstić information content (AvgIpc) is 2.50. The number of ether oxygens (including phenoxy) is 1. The van der Waals surface area contributed by atoms with Crippen molar-refractivity contribution in [2.45, 2.75) is 32.7 Å². The minimum absolute atomic E-state index is 0.470. The monoisotopic (exact) mass is 282 g/mol. The van der Waals surface area contributed by atoms with E-state index in [9.17, 15) is 0 Å². The molecule has 110 valence electrons. The molecule has 0 spiro atoms. The van der Waals surface area contributed by atoms with Gasteiger partial charge in [-0.25, -0.2) is 0 Å². The van der Waals surface area contributed by atoms with Crippen LogP contribution in [0.4, 0.5) is 17.1 Å². The topological polar surface area (TPSA) is 38.5 Å². The summed E-state index contributed by atoms with van der Waals surface area (Å²) in [6, 6.07) is 15.2. The predicted molar refractivity (Wildman–Crippen MR) is 88.4 cm³/mol. The molecule has 0 amide bonds. The van der Waals surface area contributed by atoms with E-state index in [4.69, 9.17) is 10.5 Å². The maximum atomic E-state index is 5.99. The minimum Gasteiger partial charge on any atom is -0.492 e. The van der Waals surface area contributed by atoms with Gasteiger partial charge in [0.25, 0.3) is 0 Å². The molecule has 2 N–H and O–H groups in total. The summed E-state index contributed by atoms with van der Waals surface area (Å²) < 4.78 is 5.64. The molecule has 0 saturated carbocycles. The zero-order valence-corrected chi connectivity index (χ0v) is 12.7. The summed E-state index contributed by atoms with van der Waals surface area (Å²) >= 11 is 0. The zero-order valence-electron chi connectivity index (χ0n) is 12.7. The Hall–Kier alpha value is -2.16. The van der Waals surface area contributed by atoms with E-state index in [0.717, 1.165) is 24.3 Å². The minimum atomic E-state index is 0.470. The van der Waals surface area contributed by atoms with Gasteiger partial charge in [0.2, 0.25) is 0 Å². The standard InChI is InChI=1S/C18H22N2O/c1-3-21-18-12-15(10-11-16(18)19)20-13(2)8-9-14-6-4-5-7-17(14)20/h4-7,10-13H,3,8-9,19H2,1-2H3. The van der Waals surface area contributed by atoms with Crippen LogP contribution >= 0.6 is 0 Å². The van der Waals surface area contributed by atoms with E-state index in [2.05, 4.69) is 48.2 Å².